The molecule has 0 saturated carbocycles. The number of aromatic nitrogens is 1. The number of nitrogens with one attached hydrogen (secondary N) is 1. The molecule has 1 amide bonds. The molecule has 3 rings (SSSR count). The summed E-state index contributed by atoms with van der Waals surface area (Å²) in [6.45, 7) is 6.33. The lowest BCUT2D eigenvalue weighted by molar-refractivity contribution is -0.117. The van der Waals surface area contributed by atoms with Crippen molar-refractivity contribution in [3.63, 3.8) is 0 Å². The molecule has 1 aromatic heterocycles. The standard InChI is InChI=1S/C17H21FN4O2/c1-13-9-16(20-24-13)11-21-5-7-22(8-6-21)12-17(23)19-15-4-2-3-14(18)10-15/h2-4,9-10H,5-8,11-12H2,1H3,(H,19,23). The smallest absolute Gasteiger partial charge is 0.238 e. The summed E-state index contributed by atoms with van der Waals surface area (Å²) in [5.41, 5.74) is 1.42. The number of piperazine rings is 1. The van der Waals surface area contributed by atoms with Crippen molar-refractivity contribution in [3.05, 3.63) is 47.6 Å². The number of rotatable bonds is 5. The molecule has 128 valence electrons. The highest BCUT2D eigenvalue weighted by Gasteiger charge is 2.20. The summed E-state index contributed by atoms with van der Waals surface area (Å²) in [4.78, 5) is 16.4. The minimum atomic E-state index is -0.357. The van der Waals surface area contributed by atoms with Crippen LogP contribution in [0.5, 0.6) is 0 Å². The van der Waals surface area contributed by atoms with Gasteiger partial charge in [0, 0.05) is 44.5 Å². The number of amides is 1. The van der Waals surface area contributed by atoms with Gasteiger partial charge in [-0.1, -0.05) is 11.2 Å². The van der Waals surface area contributed by atoms with Gasteiger partial charge >= 0.3 is 0 Å². The van der Waals surface area contributed by atoms with E-state index in [9.17, 15) is 9.18 Å². The number of anilines is 1. The van der Waals surface area contributed by atoms with E-state index >= 15 is 0 Å². The van der Waals surface area contributed by atoms with E-state index in [-0.39, 0.29) is 11.7 Å². The number of hydrogen-bond acceptors (Lipinski definition) is 5. The van der Waals surface area contributed by atoms with Gasteiger partial charge in [-0.05, 0) is 25.1 Å². The van der Waals surface area contributed by atoms with Crippen LogP contribution >= 0.6 is 0 Å². The Morgan fingerprint density at radius 1 is 1.25 bits per heavy atom. The van der Waals surface area contributed by atoms with Crippen molar-refractivity contribution < 1.29 is 13.7 Å². The average molecular weight is 332 g/mol. The molecule has 1 saturated heterocycles. The first-order valence-corrected chi connectivity index (χ1v) is 8.01. The zero-order chi connectivity index (χ0) is 16.9. The summed E-state index contributed by atoms with van der Waals surface area (Å²) in [5.74, 6) is 0.336. The Morgan fingerprint density at radius 3 is 2.67 bits per heavy atom. The Labute approximate surface area is 140 Å². The van der Waals surface area contributed by atoms with Crippen molar-refractivity contribution in [2.75, 3.05) is 38.0 Å². The Morgan fingerprint density at radius 2 is 2.00 bits per heavy atom. The molecule has 7 heteroatoms. The molecule has 6 nitrogen and oxygen atoms in total. The molecule has 1 aliphatic rings. The van der Waals surface area contributed by atoms with Crippen LogP contribution in [0.2, 0.25) is 0 Å². The summed E-state index contributed by atoms with van der Waals surface area (Å²) in [6.07, 6.45) is 0. The lowest BCUT2D eigenvalue weighted by atomic mass is 10.2. The Kier molecular flexibility index (Phi) is 5.22. The zero-order valence-electron chi connectivity index (χ0n) is 13.7. The maximum atomic E-state index is 13.1. The van der Waals surface area contributed by atoms with Gasteiger partial charge in [0.1, 0.15) is 11.6 Å². The van der Waals surface area contributed by atoms with Gasteiger partial charge in [-0.2, -0.15) is 0 Å². The minimum Gasteiger partial charge on any atom is -0.361 e. The number of nitrogens with zero attached hydrogens (tertiary/aromatic N) is 3. The number of hydrogen-bond donors (Lipinski definition) is 1. The molecule has 1 aliphatic heterocycles. The predicted molar refractivity (Wildman–Crippen MR) is 88.0 cm³/mol. The first kappa shape index (κ1) is 16.6. The van der Waals surface area contributed by atoms with Crippen molar-refractivity contribution >= 4 is 11.6 Å². The van der Waals surface area contributed by atoms with Crippen LogP contribution in [0.3, 0.4) is 0 Å². The van der Waals surface area contributed by atoms with Gasteiger partial charge < -0.3 is 9.84 Å². The summed E-state index contributed by atoms with van der Waals surface area (Å²) in [5, 5.41) is 6.73. The Bertz CT molecular complexity index is 695. The third-order valence-corrected chi connectivity index (χ3v) is 4.00. The number of halogens is 1. The van der Waals surface area contributed by atoms with E-state index in [1.807, 2.05) is 13.0 Å². The molecule has 0 spiro atoms. The topological polar surface area (TPSA) is 61.6 Å². The fourth-order valence-electron chi connectivity index (χ4n) is 2.80. The molecule has 0 radical (unpaired) electrons. The normalized spacial score (nSPS) is 16.2. The molecule has 1 aromatic carbocycles. The summed E-state index contributed by atoms with van der Waals surface area (Å²) in [6, 6.07) is 7.87. The average Bonchev–Trinajstić information content (AvgIpc) is 2.94. The van der Waals surface area contributed by atoms with Crippen LogP contribution in [-0.4, -0.2) is 53.6 Å². The third kappa shape index (κ3) is 4.62. The molecule has 0 unspecified atom stereocenters. The predicted octanol–water partition coefficient (Wildman–Crippen LogP) is 1.88. The Balaban J connectivity index is 1.42. The highest BCUT2D eigenvalue weighted by Crippen LogP contribution is 2.11. The maximum absolute atomic E-state index is 13.1. The first-order valence-electron chi connectivity index (χ1n) is 8.01. The van der Waals surface area contributed by atoms with E-state index in [0.29, 0.717) is 12.2 Å². The van der Waals surface area contributed by atoms with Crippen LogP contribution in [0.1, 0.15) is 11.5 Å². The summed E-state index contributed by atoms with van der Waals surface area (Å²) in [7, 11) is 0. The molecule has 0 bridgehead atoms. The van der Waals surface area contributed by atoms with Crippen molar-refractivity contribution in [3.8, 4) is 0 Å². The van der Waals surface area contributed by atoms with Crippen LogP contribution in [0.15, 0.2) is 34.9 Å². The van der Waals surface area contributed by atoms with Gasteiger partial charge in [0.05, 0.1) is 12.2 Å². The fraction of sp³-hybridized carbons (Fsp3) is 0.412. The first-order chi connectivity index (χ1) is 11.6. The quantitative estimate of drug-likeness (QED) is 0.906. The maximum Gasteiger partial charge on any atom is 0.238 e. The number of aryl methyl sites for hydroxylation is 1. The van der Waals surface area contributed by atoms with Crippen molar-refractivity contribution in [1.29, 1.82) is 0 Å². The van der Waals surface area contributed by atoms with Crippen molar-refractivity contribution in [2.24, 2.45) is 0 Å². The number of benzene rings is 1. The van der Waals surface area contributed by atoms with Gasteiger partial charge in [0.25, 0.3) is 0 Å². The molecule has 2 heterocycles. The molecule has 24 heavy (non-hydrogen) atoms. The van der Waals surface area contributed by atoms with E-state index in [0.717, 1.165) is 44.2 Å². The zero-order valence-corrected chi connectivity index (χ0v) is 13.7. The monoisotopic (exact) mass is 332 g/mol. The number of carbonyl (C=O) groups excluding carboxylic acids is 1. The highest BCUT2D eigenvalue weighted by atomic mass is 19.1. The molecule has 2 aromatic rings. The van der Waals surface area contributed by atoms with E-state index in [4.69, 9.17) is 4.52 Å². The van der Waals surface area contributed by atoms with Crippen LogP contribution in [0.25, 0.3) is 0 Å². The van der Waals surface area contributed by atoms with Gasteiger partial charge in [0.2, 0.25) is 5.91 Å². The van der Waals surface area contributed by atoms with E-state index in [1.165, 1.54) is 12.1 Å². The van der Waals surface area contributed by atoms with Crippen LogP contribution in [0.4, 0.5) is 10.1 Å². The summed E-state index contributed by atoms with van der Waals surface area (Å²) < 4.78 is 18.2. The molecule has 0 atom stereocenters. The molecule has 0 aliphatic carbocycles. The second-order valence-corrected chi connectivity index (χ2v) is 6.04. The Hall–Kier alpha value is -2.25. The van der Waals surface area contributed by atoms with Crippen molar-refractivity contribution in [1.82, 2.24) is 15.0 Å². The fourth-order valence-corrected chi connectivity index (χ4v) is 2.80. The molecule has 1 N–H and O–H groups in total. The van der Waals surface area contributed by atoms with Gasteiger partial charge in [-0.25, -0.2) is 4.39 Å². The molecular weight excluding hydrogens is 311 g/mol. The largest absolute Gasteiger partial charge is 0.361 e. The van der Waals surface area contributed by atoms with Gasteiger partial charge in [-0.15, -0.1) is 0 Å². The van der Waals surface area contributed by atoms with E-state index in [2.05, 4.69) is 20.3 Å². The highest BCUT2D eigenvalue weighted by molar-refractivity contribution is 5.92. The SMILES string of the molecule is Cc1cc(CN2CCN(CC(=O)Nc3cccc(F)c3)CC2)no1. The lowest BCUT2D eigenvalue weighted by Crippen LogP contribution is -2.48. The second-order valence-electron chi connectivity index (χ2n) is 6.04. The third-order valence-electron chi connectivity index (χ3n) is 4.00. The van der Waals surface area contributed by atoms with Gasteiger partial charge in [0.15, 0.2) is 0 Å². The second kappa shape index (κ2) is 7.55. The minimum absolute atomic E-state index is 0.124. The number of carbonyl (C=O) groups is 1. The van der Waals surface area contributed by atoms with Gasteiger partial charge in [-0.3, -0.25) is 14.6 Å². The van der Waals surface area contributed by atoms with Crippen LogP contribution in [0, 0.1) is 12.7 Å². The van der Waals surface area contributed by atoms with Crippen LogP contribution in [-0.2, 0) is 11.3 Å². The van der Waals surface area contributed by atoms with E-state index < -0.39 is 0 Å². The lowest BCUT2D eigenvalue weighted by Gasteiger charge is -2.33. The molecule has 1 fully saturated rings. The summed E-state index contributed by atoms with van der Waals surface area (Å²) >= 11 is 0. The van der Waals surface area contributed by atoms with Crippen LogP contribution < -0.4 is 5.32 Å². The van der Waals surface area contributed by atoms with E-state index in [1.54, 1.807) is 12.1 Å². The molecular formula is C17H21FN4O2. The van der Waals surface area contributed by atoms with Crippen molar-refractivity contribution in [2.45, 2.75) is 13.5 Å².